The number of nitrogens with two attached hydrogens (primary N) is 2. The maximum Gasteiger partial charge on any atom is 0.267 e. The van der Waals surface area contributed by atoms with Crippen molar-refractivity contribution in [2.24, 2.45) is 5.73 Å². The van der Waals surface area contributed by atoms with Crippen molar-refractivity contribution in [1.82, 2.24) is 20.3 Å². The number of aryl methyl sites for hydroxylation is 1. The number of rotatable bonds is 3. The van der Waals surface area contributed by atoms with Gasteiger partial charge in [0.05, 0.1) is 5.69 Å². The van der Waals surface area contributed by atoms with E-state index in [4.69, 9.17) is 11.5 Å². The largest absolute Gasteiger partial charge is 0.396 e. The predicted octanol–water partition coefficient (Wildman–Crippen LogP) is 0.593. The predicted molar refractivity (Wildman–Crippen MR) is 74.3 cm³/mol. The van der Waals surface area contributed by atoms with E-state index in [-0.39, 0.29) is 5.69 Å². The first kappa shape index (κ1) is 13.0. The monoisotopic (exact) mass is 284 g/mol. The minimum atomic E-state index is -0.573. The van der Waals surface area contributed by atoms with E-state index in [0.717, 1.165) is 5.56 Å². The molecule has 0 fully saturated rings. The van der Waals surface area contributed by atoms with Gasteiger partial charge < -0.3 is 11.5 Å². The quantitative estimate of drug-likeness (QED) is 0.718. The standard InChI is InChI=1S/C13H12N6O2/c1-6-8(10(14)11-13(16-6)19-21-18-11)5-7-3-2-4-9(17-7)12(15)20/h2-4H,5,14H2,1H3,(H2,15,20). The molecule has 0 saturated heterocycles. The van der Waals surface area contributed by atoms with Crippen LogP contribution in [-0.4, -0.2) is 26.2 Å². The Hall–Kier alpha value is -3.03. The lowest BCUT2D eigenvalue weighted by Gasteiger charge is -2.08. The SMILES string of the molecule is Cc1nc2nonc2c(N)c1Cc1cccc(C(N)=O)n1. The fourth-order valence-corrected chi connectivity index (χ4v) is 2.11. The van der Waals surface area contributed by atoms with Crippen LogP contribution in [0.1, 0.15) is 27.4 Å². The number of nitrogens with zero attached hydrogens (tertiary/aromatic N) is 4. The molecule has 3 heterocycles. The highest BCUT2D eigenvalue weighted by atomic mass is 16.6. The molecule has 3 aromatic heterocycles. The molecule has 0 saturated carbocycles. The van der Waals surface area contributed by atoms with Gasteiger partial charge in [-0.25, -0.2) is 14.6 Å². The van der Waals surface area contributed by atoms with Gasteiger partial charge in [-0.05, 0) is 29.4 Å². The number of aromatic nitrogens is 4. The van der Waals surface area contributed by atoms with Crippen LogP contribution in [0.2, 0.25) is 0 Å². The van der Waals surface area contributed by atoms with Crippen LogP contribution in [0.5, 0.6) is 0 Å². The average Bonchev–Trinajstić information content (AvgIpc) is 2.92. The number of amides is 1. The molecule has 0 atom stereocenters. The zero-order valence-electron chi connectivity index (χ0n) is 11.2. The molecule has 0 unspecified atom stereocenters. The van der Waals surface area contributed by atoms with E-state index < -0.39 is 5.91 Å². The van der Waals surface area contributed by atoms with E-state index in [1.54, 1.807) is 18.2 Å². The van der Waals surface area contributed by atoms with Crippen LogP contribution in [0.4, 0.5) is 5.69 Å². The Labute approximate surface area is 119 Å². The molecule has 0 radical (unpaired) electrons. The summed E-state index contributed by atoms with van der Waals surface area (Å²) in [6.45, 7) is 1.82. The summed E-state index contributed by atoms with van der Waals surface area (Å²) in [6.07, 6.45) is 0.411. The van der Waals surface area contributed by atoms with Gasteiger partial charge in [0, 0.05) is 23.4 Å². The number of fused-ring (bicyclic) bond motifs is 1. The summed E-state index contributed by atoms with van der Waals surface area (Å²) in [4.78, 5) is 19.7. The third-order valence-corrected chi connectivity index (χ3v) is 3.18. The Morgan fingerprint density at radius 2 is 2.10 bits per heavy atom. The third kappa shape index (κ3) is 2.27. The normalized spacial score (nSPS) is 10.9. The minimum absolute atomic E-state index is 0.209. The van der Waals surface area contributed by atoms with Crippen molar-refractivity contribution in [3.63, 3.8) is 0 Å². The summed E-state index contributed by atoms with van der Waals surface area (Å²) in [5, 5.41) is 7.41. The van der Waals surface area contributed by atoms with Gasteiger partial charge in [-0.15, -0.1) is 0 Å². The Kier molecular flexibility index (Phi) is 2.98. The fourth-order valence-electron chi connectivity index (χ4n) is 2.11. The second-order valence-corrected chi connectivity index (χ2v) is 4.58. The molecule has 0 bridgehead atoms. The molecule has 8 nitrogen and oxygen atoms in total. The summed E-state index contributed by atoms with van der Waals surface area (Å²) < 4.78 is 4.64. The summed E-state index contributed by atoms with van der Waals surface area (Å²) >= 11 is 0. The molecular weight excluding hydrogens is 272 g/mol. The van der Waals surface area contributed by atoms with Crippen LogP contribution >= 0.6 is 0 Å². The van der Waals surface area contributed by atoms with Crippen LogP contribution in [0.25, 0.3) is 11.2 Å². The second-order valence-electron chi connectivity index (χ2n) is 4.58. The molecule has 0 aliphatic rings. The van der Waals surface area contributed by atoms with Crippen LogP contribution < -0.4 is 11.5 Å². The van der Waals surface area contributed by atoms with Crippen molar-refractivity contribution in [3.05, 3.63) is 40.8 Å². The van der Waals surface area contributed by atoms with Gasteiger partial charge in [-0.3, -0.25) is 4.79 Å². The molecule has 4 N–H and O–H groups in total. The van der Waals surface area contributed by atoms with E-state index in [1.165, 1.54) is 0 Å². The fraction of sp³-hybridized carbons (Fsp3) is 0.154. The van der Waals surface area contributed by atoms with Crippen LogP contribution in [0, 0.1) is 6.92 Å². The van der Waals surface area contributed by atoms with Crippen LogP contribution in [-0.2, 0) is 6.42 Å². The average molecular weight is 284 g/mol. The van der Waals surface area contributed by atoms with Crippen molar-refractivity contribution >= 4 is 22.8 Å². The highest BCUT2D eigenvalue weighted by molar-refractivity contribution is 5.90. The van der Waals surface area contributed by atoms with E-state index in [0.29, 0.717) is 34.7 Å². The summed E-state index contributed by atoms with van der Waals surface area (Å²) in [7, 11) is 0. The number of carbonyl (C=O) groups is 1. The molecule has 0 spiro atoms. The zero-order chi connectivity index (χ0) is 15.0. The van der Waals surface area contributed by atoms with Crippen molar-refractivity contribution in [2.45, 2.75) is 13.3 Å². The summed E-state index contributed by atoms with van der Waals surface area (Å²) in [5.74, 6) is -0.573. The molecule has 0 aliphatic heterocycles. The number of pyridine rings is 2. The van der Waals surface area contributed by atoms with Crippen molar-refractivity contribution in [3.8, 4) is 0 Å². The first-order chi connectivity index (χ1) is 10.1. The van der Waals surface area contributed by atoms with Gasteiger partial charge >= 0.3 is 0 Å². The van der Waals surface area contributed by atoms with Gasteiger partial charge in [0.25, 0.3) is 5.91 Å². The maximum atomic E-state index is 11.2. The lowest BCUT2D eigenvalue weighted by atomic mass is 10.0. The first-order valence-electron chi connectivity index (χ1n) is 6.19. The molecular formula is C13H12N6O2. The second kappa shape index (κ2) is 4.82. The van der Waals surface area contributed by atoms with Crippen molar-refractivity contribution < 1.29 is 9.42 Å². The van der Waals surface area contributed by atoms with E-state index in [9.17, 15) is 4.79 Å². The van der Waals surface area contributed by atoms with Gasteiger partial charge in [0.1, 0.15) is 5.69 Å². The molecule has 21 heavy (non-hydrogen) atoms. The van der Waals surface area contributed by atoms with Gasteiger partial charge in [-0.2, -0.15) is 0 Å². The number of primary amides is 1. The lowest BCUT2D eigenvalue weighted by Crippen LogP contribution is -2.14. The van der Waals surface area contributed by atoms with E-state index >= 15 is 0 Å². The Balaban J connectivity index is 2.05. The Morgan fingerprint density at radius 3 is 2.86 bits per heavy atom. The Morgan fingerprint density at radius 1 is 1.29 bits per heavy atom. The molecule has 3 rings (SSSR count). The molecule has 106 valence electrons. The van der Waals surface area contributed by atoms with E-state index in [1.807, 2.05) is 6.92 Å². The molecule has 0 aromatic carbocycles. The Bertz CT molecular complexity index is 842. The highest BCUT2D eigenvalue weighted by Crippen LogP contribution is 2.25. The summed E-state index contributed by atoms with van der Waals surface area (Å²) in [6, 6.07) is 5.07. The maximum absolute atomic E-state index is 11.2. The van der Waals surface area contributed by atoms with Crippen LogP contribution in [0.15, 0.2) is 22.8 Å². The molecule has 3 aromatic rings. The number of carbonyl (C=O) groups excluding carboxylic acids is 1. The highest BCUT2D eigenvalue weighted by Gasteiger charge is 2.15. The van der Waals surface area contributed by atoms with Crippen molar-refractivity contribution in [2.75, 3.05) is 5.73 Å². The molecule has 8 heteroatoms. The number of hydrogen-bond acceptors (Lipinski definition) is 7. The third-order valence-electron chi connectivity index (χ3n) is 3.18. The molecule has 0 aliphatic carbocycles. The summed E-state index contributed by atoms with van der Waals surface area (Å²) in [5.41, 5.74) is 14.9. The van der Waals surface area contributed by atoms with Crippen LogP contribution in [0.3, 0.4) is 0 Å². The number of hydrogen-bond donors (Lipinski definition) is 2. The lowest BCUT2D eigenvalue weighted by molar-refractivity contribution is 0.0995. The first-order valence-corrected chi connectivity index (χ1v) is 6.19. The molecule has 1 amide bonds. The van der Waals surface area contributed by atoms with Crippen molar-refractivity contribution in [1.29, 1.82) is 0 Å². The van der Waals surface area contributed by atoms with Gasteiger partial charge in [0.15, 0.2) is 5.52 Å². The minimum Gasteiger partial charge on any atom is -0.396 e. The smallest absolute Gasteiger partial charge is 0.267 e. The number of anilines is 1. The topological polar surface area (TPSA) is 134 Å². The van der Waals surface area contributed by atoms with Gasteiger partial charge in [0.2, 0.25) is 5.65 Å². The van der Waals surface area contributed by atoms with E-state index in [2.05, 4.69) is 24.9 Å². The van der Waals surface area contributed by atoms with Gasteiger partial charge in [-0.1, -0.05) is 6.07 Å². The number of nitrogen functional groups attached to an aromatic ring is 1. The zero-order valence-corrected chi connectivity index (χ0v) is 11.2.